The van der Waals surface area contributed by atoms with E-state index in [4.69, 9.17) is 21.1 Å². The van der Waals surface area contributed by atoms with Crippen LogP contribution in [0.5, 0.6) is 11.5 Å². The van der Waals surface area contributed by atoms with Crippen molar-refractivity contribution >= 4 is 29.2 Å². The summed E-state index contributed by atoms with van der Waals surface area (Å²) in [4.78, 5) is 32.2. The van der Waals surface area contributed by atoms with Gasteiger partial charge in [-0.2, -0.15) is 0 Å². The van der Waals surface area contributed by atoms with Crippen LogP contribution in [0.25, 0.3) is 11.3 Å². The first-order valence-electron chi connectivity index (χ1n) is 13.1. The number of methoxy groups -OCH3 is 2. The Bertz CT molecular complexity index is 1330. The zero-order valence-corrected chi connectivity index (χ0v) is 22.9. The molecular formula is C29H32ClN5O4. The van der Waals surface area contributed by atoms with Crippen LogP contribution in [0.2, 0.25) is 5.02 Å². The van der Waals surface area contributed by atoms with Crippen molar-refractivity contribution in [3.63, 3.8) is 0 Å². The monoisotopic (exact) mass is 549 g/mol. The van der Waals surface area contributed by atoms with Crippen molar-refractivity contribution in [3.05, 3.63) is 65.2 Å². The Balaban J connectivity index is 1.22. The van der Waals surface area contributed by atoms with Crippen molar-refractivity contribution in [2.75, 3.05) is 51.8 Å². The van der Waals surface area contributed by atoms with Gasteiger partial charge < -0.3 is 24.2 Å². The Morgan fingerprint density at radius 2 is 1.79 bits per heavy atom. The first kappa shape index (κ1) is 26.7. The molecule has 0 radical (unpaired) electrons. The molecule has 1 aliphatic carbocycles. The highest BCUT2D eigenvalue weighted by atomic mass is 35.5. The van der Waals surface area contributed by atoms with E-state index < -0.39 is 0 Å². The molecule has 9 nitrogen and oxygen atoms in total. The fourth-order valence-electron chi connectivity index (χ4n) is 4.83. The van der Waals surface area contributed by atoms with Gasteiger partial charge in [0.05, 0.1) is 30.5 Å². The van der Waals surface area contributed by atoms with Crippen molar-refractivity contribution in [2.24, 2.45) is 0 Å². The zero-order chi connectivity index (χ0) is 27.4. The maximum absolute atomic E-state index is 13.3. The molecule has 204 valence electrons. The molecule has 1 saturated carbocycles. The van der Waals surface area contributed by atoms with E-state index in [0.717, 1.165) is 37.2 Å². The fourth-order valence-corrected chi connectivity index (χ4v) is 5.05. The molecule has 1 aromatic heterocycles. The highest BCUT2D eigenvalue weighted by Gasteiger charge is 2.36. The van der Waals surface area contributed by atoms with Crippen molar-refractivity contribution in [1.29, 1.82) is 0 Å². The molecule has 2 amide bonds. The van der Waals surface area contributed by atoms with Gasteiger partial charge >= 0.3 is 0 Å². The normalized spacial score (nSPS) is 15.5. The number of benzene rings is 2. The van der Waals surface area contributed by atoms with Gasteiger partial charge in [0.2, 0.25) is 5.91 Å². The third-order valence-corrected chi connectivity index (χ3v) is 7.50. The summed E-state index contributed by atoms with van der Waals surface area (Å²) in [7, 11) is 3.23. The van der Waals surface area contributed by atoms with Crippen LogP contribution in [-0.2, 0) is 4.79 Å². The first-order valence-corrected chi connectivity index (χ1v) is 13.5. The molecule has 0 atom stereocenters. The number of rotatable bonds is 8. The lowest BCUT2D eigenvalue weighted by Gasteiger charge is -2.27. The molecule has 5 rings (SSSR count). The molecule has 0 unspecified atom stereocenters. The van der Waals surface area contributed by atoms with Crippen LogP contribution in [0.4, 0.5) is 5.82 Å². The molecular weight excluding hydrogens is 518 g/mol. The zero-order valence-electron chi connectivity index (χ0n) is 22.2. The Hall–Kier alpha value is -3.85. The Labute approximate surface area is 233 Å². The van der Waals surface area contributed by atoms with Crippen molar-refractivity contribution < 1.29 is 19.1 Å². The van der Waals surface area contributed by atoms with Crippen LogP contribution >= 0.6 is 11.6 Å². The molecule has 0 bridgehead atoms. The summed E-state index contributed by atoms with van der Waals surface area (Å²) in [6, 6.07) is 16.5. The molecule has 3 aromatic rings. The van der Waals surface area contributed by atoms with Gasteiger partial charge in [-0.1, -0.05) is 23.7 Å². The van der Waals surface area contributed by atoms with Gasteiger partial charge in [-0.3, -0.25) is 9.59 Å². The highest BCUT2D eigenvalue weighted by molar-refractivity contribution is 6.33. The predicted octanol–water partition coefficient (Wildman–Crippen LogP) is 4.16. The van der Waals surface area contributed by atoms with Crippen molar-refractivity contribution in [3.8, 4) is 22.8 Å². The van der Waals surface area contributed by atoms with Crippen LogP contribution in [0.3, 0.4) is 0 Å². The third kappa shape index (κ3) is 6.09. The van der Waals surface area contributed by atoms with Crippen molar-refractivity contribution in [2.45, 2.75) is 25.3 Å². The third-order valence-electron chi connectivity index (χ3n) is 7.17. The molecule has 2 aliphatic rings. The summed E-state index contributed by atoms with van der Waals surface area (Å²) in [5.41, 5.74) is 1.97. The van der Waals surface area contributed by atoms with Crippen LogP contribution < -0.4 is 14.4 Å². The molecule has 1 aliphatic heterocycles. The minimum absolute atomic E-state index is 0.0443. The van der Waals surface area contributed by atoms with E-state index in [2.05, 4.69) is 15.1 Å². The molecule has 2 heterocycles. The second kappa shape index (κ2) is 11.9. The quantitative estimate of drug-likeness (QED) is 0.417. The van der Waals surface area contributed by atoms with Gasteiger partial charge in [0, 0.05) is 43.9 Å². The first-order chi connectivity index (χ1) is 19.0. The van der Waals surface area contributed by atoms with E-state index >= 15 is 0 Å². The van der Waals surface area contributed by atoms with Gasteiger partial charge in [0.25, 0.3) is 5.91 Å². The van der Waals surface area contributed by atoms with Gasteiger partial charge in [-0.25, -0.2) is 0 Å². The lowest BCUT2D eigenvalue weighted by atomic mass is 10.1. The van der Waals surface area contributed by atoms with Gasteiger partial charge in [-0.15, -0.1) is 10.2 Å². The van der Waals surface area contributed by atoms with E-state index in [-0.39, 0.29) is 24.4 Å². The summed E-state index contributed by atoms with van der Waals surface area (Å²) in [5, 5.41) is 9.33. The van der Waals surface area contributed by atoms with Crippen LogP contribution in [0, 0.1) is 0 Å². The minimum Gasteiger partial charge on any atom is -0.497 e. The lowest BCUT2D eigenvalue weighted by Crippen LogP contribution is -2.45. The fraction of sp³-hybridized carbons (Fsp3) is 0.379. The topological polar surface area (TPSA) is 88.1 Å². The predicted molar refractivity (Wildman–Crippen MR) is 149 cm³/mol. The summed E-state index contributed by atoms with van der Waals surface area (Å²) in [6.45, 7) is 2.63. The number of carbonyl (C=O) groups excluding carboxylic acids is 2. The lowest BCUT2D eigenvalue weighted by molar-refractivity contribution is -0.131. The number of hydrogen-bond donors (Lipinski definition) is 0. The Morgan fingerprint density at radius 1 is 0.974 bits per heavy atom. The number of nitrogens with zero attached hydrogens (tertiary/aromatic N) is 5. The summed E-state index contributed by atoms with van der Waals surface area (Å²) < 4.78 is 10.8. The molecule has 1 saturated heterocycles. The smallest absolute Gasteiger partial charge is 0.256 e. The standard InChI is InChI=1S/C29H32ClN5O4/c1-38-21-10-11-23(26(18-21)39-2)25-12-13-27(32-31-25)33-14-5-15-34(17-16-33)28(36)19-35(20-8-9-20)29(37)22-6-3-4-7-24(22)30/h3-4,6-7,10-13,18,20H,5,8-9,14-17,19H2,1-2H3. The summed E-state index contributed by atoms with van der Waals surface area (Å²) >= 11 is 6.27. The molecule has 10 heteroatoms. The van der Waals surface area contributed by atoms with E-state index in [9.17, 15) is 9.59 Å². The molecule has 0 N–H and O–H groups in total. The van der Waals surface area contributed by atoms with Crippen LogP contribution in [-0.4, -0.2) is 84.8 Å². The summed E-state index contributed by atoms with van der Waals surface area (Å²) in [5.74, 6) is 1.90. The number of anilines is 1. The molecule has 2 fully saturated rings. The van der Waals surface area contributed by atoms with E-state index in [1.54, 1.807) is 43.4 Å². The average Bonchev–Trinajstić information content (AvgIpc) is 3.83. The van der Waals surface area contributed by atoms with E-state index in [0.29, 0.717) is 47.4 Å². The summed E-state index contributed by atoms with van der Waals surface area (Å²) in [6.07, 6.45) is 2.62. The maximum atomic E-state index is 13.3. The Morgan fingerprint density at radius 3 is 2.49 bits per heavy atom. The van der Waals surface area contributed by atoms with E-state index in [1.165, 1.54) is 0 Å². The number of amides is 2. The second-order valence-electron chi connectivity index (χ2n) is 9.71. The van der Waals surface area contributed by atoms with Crippen molar-refractivity contribution in [1.82, 2.24) is 20.0 Å². The molecule has 39 heavy (non-hydrogen) atoms. The average molecular weight is 550 g/mol. The van der Waals surface area contributed by atoms with Crippen LogP contribution in [0.15, 0.2) is 54.6 Å². The largest absolute Gasteiger partial charge is 0.497 e. The van der Waals surface area contributed by atoms with Gasteiger partial charge in [0.15, 0.2) is 5.82 Å². The number of halogens is 1. The minimum atomic E-state index is -0.184. The number of hydrogen-bond acceptors (Lipinski definition) is 7. The SMILES string of the molecule is COc1ccc(-c2ccc(N3CCCN(C(=O)CN(C(=O)c4ccccc4Cl)C4CC4)CC3)nn2)c(OC)c1. The number of carbonyl (C=O) groups is 2. The Kier molecular flexibility index (Phi) is 8.16. The number of ether oxygens (including phenoxy) is 2. The van der Waals surface area contributed by atoms with Gasteiger partial charge in [-0.05, 0) is 55.7 Å². The second-order valence-corrected chi connectivity index (χ2v) is 10.1. The molecule has 2 aromatic carbocycles. The maximum Gasteiger partial charge on any atom is 0.256 e. The number of aromatic nitrogens is 2. The van der Waals surface area contributed by atoms with Gasteiger partial charge in [0.1, 0.15) is 18.0 Å². The van der Waals surface area contributed by atoms with E-state index in [1.807, 2.05) is 35.2 Å². The highest BCUT2D eigenvalue weighted by Crippen LogP contribution is 2.33. The van der Waals surface area contributed by atoms with Crippen LogP contribution in [0.1, 0.15) is 29.6 Å². The molecule has 0 spiro atoms.